The van der Waals surface area contributed by atoms with Crippen molar-refractivity contribution in [1.82, 2.24) is 4.90 Å². The number of allylic oxidation sites excluding steroid dienone is 1. The molecular weight excluding hydrogens is 182 g/mol. The van der Waals surface area contributed by atoms with Crippen molar-refractivity contribution in [2.45, 2.75) is 19.8 Å². The predicted molar refractivity (Wildman–Crippen MR) is 52.8 cm³/mol. The lowest BCUT2D eigenvalue weighted by molar-refractivity contribution is -0.112. The molecule has 14 heavy (non-hydrogen) atoms. The first-order valence-electron chi connectivity index (χ1n) is 4.90. The first kappa shape index (κ1) is 11.0. The summed E-state index contributed by atoms with van der Waals surface area (Å²) in [4.78, 5) is 12.5. The Balaban J connectivity index is 2.55. The van der Waals surface area contributed by atoms with E-state index in [1.54, 1.807) is 4.90 Å². The van der Waals surface area contributed by atoms with Gasteiger partial charge in [-0.1, -0.05) is 0 Å². The number of ketones is 1. The van der Waals surface area contributed by atoms with E-state index in [1.807, 2.05) is 0 Å². The first-order valence-corrected chi connectivity index (χ1v) is 4.90. The molecule has 0 aromatic heterocycles. The average molecular weight is 199 g/mol. The number of hydrogen-bond acceptors (Lipinski definition) is 4. The Morgan fingerprint density at radius 1 is 1.64 bits per heavy atom. The van der Waals surface area contributed by atoms with Gasteiger partial charge in [-0.3, -0.25) is 4.79 Å². The minimum absolute atomic E-state index is 0.0238. The maximum Gasteiger partial charge on any atom is 0.190 e. The SMILES string of the molecule is CC(=O)/C=C(\O)N1CCCC(CO)C1. The number of rotatable bonds is 3. The highest BCUT2D eigenvalue weighted by atomic mass is 16.3. The molecule has 1 saturated heterocycles. The standard InChI is InChI=1S/C10H17NO3/c1-8(13)5-10(14)11-4-2-3-9(6-11)7-12/h5,9,12,14H,2-4,6-7H2,1H3/b10-5-. The van der Waals surface area contributed by atoms with Crippen LogP contribution < -0.4 is 0 Å². The topological polar surface area (TPSA) is 60.8 Å². The fraction of sp³-hybridized carbons (Fsp3) is 0.700. The number of aliphatic hydroxyl groups is 2. The van der Waals surface area contributed by atoms with Crippen molar-refractivity contribution in [3.8, 4) is 0 Å². The van der Waals surface area contributed by atoms with E-state index in [1.165, 1.54) is 13.0 Å². The molecule has 0 radical (unpaired) electrons. The largest absolute Gasteiger partial charge is 0.495 e. The van der Waals surface area contributed by atoms with Gasteiger partial charge in [-0.05, 0) is 25.7 Å². The van der Waals surface area contributed by atoms with E-state index in [4.69, 9.17) is 5.11 Å². The maximum absolute atomic E-state index is 10.7. The van der Waals surface area contributed by atoms with Gasteiger partial charge in [-0.15, -0.1) is 0 Å². The van der Waals surface area contributed by atoms with Crippen LogP contribution in [-0.4, -0.2) is 40.6 Å². The summed E-state index contributed by atoms with van der Waals surface area (Å²) in [7, 11) is 0. The molecule has 0 aromatic rings. The van der Waals surface area contributed by atoms with Crippen molar-refractivity contribution in [2.75, 3.05) is 19.7 Å². The quantitative estimate of drug-likeness (QED) is 0.518. The summed E-state index contributed by atoms with van der Waals surface area (Å²) in [6.07, 6.45) is 3.15. The summed E-state index contributed by atoms with van der Waals surface area (Å²) in [6, 6.07) is 0. The third-order valence-corrected chi connectivity index (χ3v) is 2.43. The molecule has 80 valence electrons. The molecule has 0 saturated carbocycles. The zero-order valence-electron chi connectivity index (χ0n) is 8.44. The highest BCUT2D eigenvalue weighted by molar-refractivity contribution is 5.87. The smallest absolute Gasteiger partial charge is 0.190 e. The van der Waals surface area contributed by atoms with E-state index in [0.29, 0.717) is 6.54 Å². The second-order valence-corrected chi connectivity index (χ2v) is 3.75. The summed E-state index contributed by atoms with van der Waals surface area (Å²) >= 11 is 0. The van der Waals surface area contributed by atoms with Crippen molar-refractivity contribution in [2.24, 2.45) is 5.92 Å². The molecule has 4 heteroatoms. The molecule has 1 rings (SSSR count). The molecule has 1 aliphatic rings. The van der Waals surface area contributed by atoms with Gasteiger partial charge in [0.1, 0.15) is 0 Å². The van der Waals surface area contributed by atoms with E-state index in [9.17, 15) is 9.90 Å². The number of nitrogens with zero attached hydrogens (tertiary/aromatic N) is 1. The normalized spacial score (nSPS) is 23.7. The van der Waals surface area contributed by atoms with Gasteiger partial charge in [0.15, 0.2) is 11.7 Å². The molecular formula is C10H17NO3. The van der Waals surface area contributed by atoms with Crippen molar-refractivity contribution in [1.29, 1.82) is 0 Å². The van der Waals surface area contributed by atoms with Gasteiger partial charge in [0, 0.05) is 25.8 Å². The number of likely N-dealkylation sites (tertiary alicyclic amines) is 1. The van der Waals surface area contributed by atoms with Gasteiger partial charge in [-0.25, -0.2) is 0 Å². The molecule has 1 heterocycles. The number of piperidine rings is 1. The highest BCUT2D eigenvalue weighted by Gasteiger charge is 2.20. The molecule has 0 amide bonds. The molecule has 1 fully saturated rings. The minimum atomic E-state index is -0.159. The van der Waals surface area contributed by atoms with Crippen LogP contribution in [0.5, 0.6) is 0 Å². The Morgan fingerprint density at radius 3 is 2.93 bits per heavy atom. The lowest BCUT2D eigenvalue weighted by Gasteiger charge is -2.32. The molecule has 0 bridgehead atoms. The Hall–Kier alpha value is -1.03. The molecule has 0 aromatic carbocycles. The monoisotopic (exact) mass is 199 g/mol. The number of carbonyl (C=O) groups excluding carboxylic acids is 1. The van der Waals surface area contributed by atoms with E-state index in [2.05, 4.69) is 0 Å². The van der Waals surface area contributed by atoms with Gasteiger partial charge < -0.3 is 15.1 Å². The predicted octanol–water partition coefficient (Wildman–Crippen LogP) is 0.679. The van der Waals surface area contributed by atoms with Crippen LogP contribution in [0.2, 0.25) is 0 Å². The second kappa shape index (κ2) is 5.00. The second-order valence-electron chi connectivity index (χ2n) is 3.75. The van der Waals surface area contributed by atoms with E-state index < -0.39 is 0 Å². The Bertz CT molecular complexity index is 238. The Labute approximate surface area is 83.8 Å². The van der Waals surface area contributed by atoms with Crippen LogP contribution in [0.3, 0.4) is 0 Å². The summed E-state index contributed by atoms with van der Waals surface area (Å²) in [5, 5.41) is 18.5. The van der Waals surface area contributed by atoms with Crippen molar-refractivity contribution in [3.05, 3.63) is 12.0 Å². The summed E-state index contributed by atoms with van der Waals surface area (Å²) in [5.41, 5.74) is 0. The van der Waals surface area contributed by atoms with Crippen LogP contribution in [0.4, 0.5) is 0 Å². The molecule has 0 aliphatic carbocycles. The van der Waals surface area contributed by atoms with Crippen molar-refractivity contribution < 1.29 is 15.0 Å². The highest BCUT2D eigenvalue weighted by Crippen LogP contribution is 2.18. The van der Waals surface area contributed by atoms with Gasteiger partial charge in [0.2, 0.25) is 0 Å². The summed E-state index contributed by atoms with van der Waals surface area (Å²) in [6.45, 7) is 2.94. The fourth-order valence-corrected chi connectivity index (χ4v) is 1.70. The molecule has 1 aliphatic heterocycles. The molecule has 1 unspecified atom stereocenters. The van der Waals surface area contributed by atoms with Crippen molar-refractivity contribution in [3.63, 3.8) is 0 Å². The maximum atomic E-state index is 10.7. The van der Waals surface area contributed by atoms with Crippen LogP contribution >= 0.6 is 0 Å². The Kier molecular flexibility index (Phi) is 3.95. The van der Waals surface area contributed by atoms with Gasteiger partial charge in [-0.2, -0.15) is 0 Å². The molecule has 4 nitrogen and oxygen atoms in total. The van der Waals surface area contributed by atoms with E-state index in [-0.39, 0.29) is 24.2 Å². The van der Waals surface area contributed by atoms with E-state index in [0.717, 1.165) is 19.4 Å². The van der Waals surface area contributed by atoms with Crippen LogP contribution in [-0.2, 0) is 4.79 Å². The number of aliphatic hydroxyl groups excluding tert-OH is 2. The third kappa shape index (κ3) is 3.03. The van der Waals surface area contributed by atoms with Gasteiger partial charge in [0.05, 0.1) is 0 Å². The van der Waals surface area contributed by atoms with E-state index >= 15 is 0 Å². The average Bonchev–Trinajstić information content (AvgIpc) is 2.17. The molecule has 2 N–H and O–H groups in total. The summed E-state index contributed by atoms with van der Waals surface area (Å²) < 4.78 is 0. The fourth-order valence-electron chi connectivity index (χ4n) is 1.70. The van der Waals surface area contributed by atoms with Crippen LogP contribution in [0.1, 0.15) is 19.8 Å². The van der Waals surface area contributed by atoms with Crippen LogP contribution in [0.25, 0.3) is 0 Å². The lowest BCUT2D eigenvalue weighted by Crippen LogP contribution is -2.36. The third-order valence-electron chi connectivity index (χ3n) is 2.43. The molecule has 1 atom stereocenters. The zero-order chi connectivity index (χ0) is 10.6. The molecule has 0 spiro atoms. The van der Waals surface area contributed by atoms with Crippen LogP contribution in [0, 0.1) is 5.92 Å². The first-order chi connectivity index (χ1) is 6.63. The van der Waals surface area contributed by atoms with Crippen molar-refractivity contribution >= 4 is 5.78 Å². The van der Waals surface area contributed by atoms with Gasteiger partial charge in [0.25, 0.3) is 0 Å². The zero-order valence-corrected chi connectivity index (χ0v) is 8.44. The minimum Gasteiger partial charge on any atom is -0.495 e. The van der Waals surface area contributed by atoms with Crippen LogP contribution in [0.15, 0.2) is 12.0 Å². The Morgan fingerprint density at radius 2 is 2.36 bits per heavy atom. The number of carbonyl (C=O) groups is 1. The lowest BCUT2D eigenvalue weighted by atomic mass is 9.99. The summed E-state index contributed by atoms with van der Waals surface area (Å²) in [5.74, 6) is 0.0792. The number of hydrogen-bond donors (Lipinski definition) is 2. The van der Waals surface area contributed by atoms with Gasteiger partial charge >= 0.3 is 0 Å².